The number of esters is 1. The summed E-state index contributed by atoms with van der Waals surface area (Å²) in [5.74, 6) is -0.290. The molecule has 0 atom stereocenters. The van der Waals surface area contributed by atoms with Crippen LogP contribution in [0.25, 0.3) is 10.2 Å². The normalized spacial score (nSPS) is 10.8. The molecule has 17 heavy (non-hydrogen) atoms. The lowest BCUT2D eigenvalue weighted by molar-refractivity contribution is 0.0378. The van der Waals surface area contributed by atoms with Gasteiger partial charge in [0.05, 0.1) is 21.9 Å². The molecule has 0 amide bonds. The summed E-state index contributed by atoms with van der Waals surface area (Å²) in [5.41, 5.74) is 1.46. The van der Waals surface area contributed by atoms with E-state index in [1.165, 1.54) is 11.3 Å². The minimum atomic E-state index is -0.290. The maximum absolute atomic E-state index is 11.7. The number of nitrogens with one attached hydrogen (secondary N) is 1. The van der Waals surface area contributed by atoms with Gasteiger partial charge < -0.3 is 10.1 Å². The van der Waals surface area contributed by atoms with Gasteiger partial charge in [-0.15, -0.1) is 0 Å². The van der Waals surface area contributed by atoms with E-state index in [2.05, 4.69) is 10.3 Å². The summed E-state index contributed by atoms with van der Waals surface area (Å²) in [5, 5.41) is 3.83. The summed E-state index contributed by atoms with van der Waals surface area (Å²) in [6.45, 7) is 3.67. The third-order valence-corrected chi connectivity index (χ3v) is 3.22. The lowest BCUT2D eigenvalue weighted by Gasteiger charge is -2.07. The van der Waals surface area contributed by atoms with E-state index in [4.69, 9.17) is 4.74 Å². The minimum absolute atomic E-state index is 0.104. The highest BCUT2D eigenvalue weighted by Gasteiger charge is 2.11. The molecule has 0 spiro atoms. The molecule has 0 saturated carbocycles. The molecule has 0 unspecified atom stereocenters. The van der Waals surface area contributed by atoms with Crippen molar-refractivity contribution in [3.05, 3.63) is 23.8 Å². The molecule has 1 aromatic heterocycles. The van der Waals surface area contributed by atoms with Crippen LogP contribution in [0.4, 0.5) is 5.13 Å². The fourth-order valence-electron chi connectivity index (χ4n) is 1.44. The van der Waals surface area contributed by atoms with Crippen molar-refractivity contribution in [1.29, 1.82) is 0 Å². The second-order valence-electron chi connectivity index (χ2n) is 3.91. The second kappa shape index (κ2) is 4.71. The van der Waals surface area contributed by atoms with Crippen molar-refractivity contribution in [1.82, 2.24) is 4.98 Å². The Labute approximate surface area is 104 Å². The van der Waals surface area contributed by atoms with Crippen LogP contribution >= 0.6 is 11.3 Å². The van der Waals surface area contributed by atoms with Crippen LogP contribution in [0.15, 0.2) is 18.2 Å². The van der Waals surface area contributed by atoms with Gasteiger partial charge in [-0.1, -0.05) is 11.3 Å². The van der Waals surface area contributed by atoms with Crippen molar-refractivity contribution in [3.63, 3.8) is 0 Å². The molecule has 4 nitrogen and oxygen atoms in total. The molecule has 90 valence electrons. The average Bonchev–Trinajstić information content (AvgIpc) is 2.69. The van der Waals surface area contributed by atoms with Crippen molar-refractivity contribution in [2.45, 2.75) is 20.0 Å². The zero-order valence-electron chi connectivity index (χ0n) is 9.98. The third-order valence-electron chi connectivity index (χ3n) is 2.18. The van der Waals surface area contributed by atoms with Gasteiger partial charge in [0.1, 0.15) is 0 Å². The monoisotopic (exact) mass is 250 g/mol. The van der Waals surface area contributed by atoms with E-state index in [0.717, 1.165) is 15.3 Å². The number of benzene rings is 1. The molecule has 1 aromatic carbocycles. The van der Waals surface area contributed by atoms with Gasteiger partial charge in [0, 0.05) is 7.05 Å². The SMILES string of the molecule is CNc1nc2ccc(C(=O)OC(C)C)cc2s1. The first-order valence-electron chi connectivity index (χ1n) is 5.39. The molecule has 0 aliphatic rings. The minimum Gasteiger partial charge on any atom is -0.459 e. The predicted molar refractivity (Wildman–Crippen MR) is 69.7 cm³/mol. The number of rotatable bonds is 3. The van der Waals surface area contributed by atoms with Crippen LogP contribution in [0.5, 0.6) is 0 Å². The molecule has 0 aliphatic carbocycles. The van der Waals surface area contributed by atoms with Gasteiger partial charge in [0.15, 0.2) is 5.13 Å². The van der Waals surface area contributed by atoms with E-state index in [9.17, 15) is 4.79 Å². The van der Waals surface area contributed by atoms with Gasteiger partial charge in [-0.05, 0) is 32.0 Å². The molecule has 0 saturated heterocycles. The molecule has 2 rings (SSSR count). The summed E-state index contributed by atoms with van der Waals surface area (Å²) in [4.78, 5) is 16.1. The van der Waals surface area contributed by atoms with E-state index in [0.29, 0.717) is 5.56 Å². The molecule has 0 aliphatic heterocycles. The van der Waals surface area contributed by atoms with Crippen LogP contribution in [-0.4, -0.2) is 24.1 Å². The van der Waals surface area contributed by atoms with Crippen molar-refractivity contribution in [3.8, 4) is 0 Å². The first-order valence-corrected chi connectivity index (χ1v) is 6.21. The topological polar surface area (TPSA) is 51.2 Å². The third kappa shape index (κ3) is 2.55. The Morgan fingerprint density at radius 2 is 2.24 bits per heavy atom. The van der Waals surface area contributed by atoms with Gasteiger partial charge in [-0.2, -0.15) is 0 Å². The number of anilines is 1. The molecule has 0 fully saturated rings. The average molecular weight is 250 g/mol. The highest BCUT2D eigenvalue weighted by molar-refractivity contribution is 7.22. The van der Waals surface area contributed by atoms with E-state index in [-0.39, 0.29) is 12.1 Å². The summed E-state index contributed by atoms with van der Waals surface area (Å²) in [7, 11) is 1.83. The van der Waals surface area contributed by atoms with Gasteiger partial charge in [-0.3, -0.25) is 0 Å². The summed E-state index contributed by atoms with van der Waals surface area (Å²) in [6.07, 6.45) is -0.104. The fourth-order valence-corrected chi connectivity index (χ4v) is 2.30. The number of carbonyl (C=O) groups is 1. The summed E-state index contributed by atoms with van der Waals surface area (Å²) in [6, 6.07) is 5.40. The van der Waals surface area contributed by atoms with Gasteiger partial charge in [0.25, 0.3) is 0 Å². The van der Waals surface area contributed by atoms with Crippen LogP contribution in [0.3, 0.4) is 0 Å². The summed E-state index contributed by atoms with van der Waals surface area (Å²) >= 11 is 1.52. The Kier molecular flexibility index (Phi) is 3.28. The predicted octanol–water partition coefficient (Wildman–Crippen LogP) is 2.90. The first kappa shape index (κ1) is 11.9. The van der Waals surface area contributed by atoms with Gasteiger partial charge in [-0.25, -0.2) is 9.78 Å². The van der Waals surface area contributed by atoms with Crippen LogP contribution in [0, 0.1) is 0 Å². The first-order chi connectivity index (χ1) is 8.10. The van der Waals surface area contributed by atoms with Crippen LogP contribution in [-0.2, 0) is 4.74 Å². The van der Waals surface area contributed by atoms with Crippen LogP contribution < -0.4 is 5.32 Å². The molecule has 1 N–H and O–H groups in total. The molecular formula is C12H14N2O2S. The number of ether oxygens (including phenoxy) is 1. The van der Waals surface area contributed by atoms with Crippen LogP contribution in [0.1, 0.15) is 24.2 Å². The number of carbonyl (C=O) groups excluding carboxylic acids is 1. The molecule has 0 bridgehead atoms. The quantitative estimate of drug-likeness (QED) is 0.851. The van der Waals surface area contributed by atoms with E-state index in [1.54, 1.807) is 6.07 Å². The molecule has 5 heteroatoms. The number of aromatic nitrogens is 1. The standard InChI is InChI=1S/C12H14N2O2S/c1-7(2)16-11(15)8-4-5-9-10(6-8)17-12(13-3)14-9/h4-7H,1-3H3,(H,13,14). The number of thiazole rings is 1. The smallest absolute Gasteiger partial charge is 0.338 e. The van der Waals surface area contributed by atoms with E-state index < -0.39 is 0 Å². The number of hydrogen-bond acceptors (Lipinski definition) is 5. The lowest BCUT2D eigenvalue weighted by Crippen LogP contribution is -2.11. The van der Waals surface area contributed by atoms with Crippen molar-refractivity contribution in [2.24, 2.45) is 0 Å². The van der Waals surface area contributed by atoms with Crippen molar-refractivity contribution < 1.29 is 9.53 Å². The lowest BCUT2D eigenvalue weighted by atomic mass is 10.2. The van der Waals surface area contributed by atoms with Gasteiger partial charge >= 0.3 is 5.97 Å². The maximum Gasteiger partial charge on any atom is 0.338 e. The maximum atomic E-state index is 11.7. The molecule has 2 aromatic rings. The zero-order valence-corrected chi connectivity index (χ0v) is 10.8. The van der Waals surface area contributed by atoms with E-state index in [1.807, 2.05) is 33.0 Å². The Bertz CT molecular complexity index is 548. The largest absolute Gasteiger partial charge is 0.459 e. The summed E-state index contributed by atoms with van der Waals surface area (Å²) < 4.78 is 6.13. The Morgan fingerprint density at radius 3 is 2.88 bits per heavy atom. The van der Waals surface area contributed by atoms with E-state index >= 15 is 0 Å². The Hall–Kier alpha value is -1.62. The van der Waals surface area contributed by atoms with Crippen molar-refractivity contribution in [2.75, 3.05) is 12.4 Å². The highest BCUT2D eigenvalue weighted by atomic mass is 32.1. The Morgan fingerprint density at radius 1 is 1.47 bits per heavy atom. The Balaban J connectivity index is 2.33. The molecular weight excluding hydrogens is 236 g/mol. The number of nitrogens with zero attached hydrogens (tertiary/aromatic N) is 1. The fraction of sp³-hybridized carbons (Fsp3) is 0.333. The molecule has 0 radical (unpaired) electrons. The number of fused-ring (bicyclic) bond motifs is 1. The van der Waals surface area contributed by atoms with Crippen molar-refractivity contribution >= 4 is 32.7 Å². The number of hydrogen-bond donors (Lipinski definition) is 1. The zero-order chi connectivity index (χ0) is 12.4. The highest BCUT2D eigenvalue weighted by Crippen LogP contribution is 2.26. The molecule has 1 heterocycles. The van der Waals surface area contributed by atoms with Crippen LogP contribution in [0.2, 0.25) is 0 Å². The van der Waals surface area contributed by atoms with Gasteiger partial charge in [0.2, 0.25) is 0 Å². The second-order valence-corrected chi connectivity index (χ2v) is 4.94.